The van der Waals surface area contributed by atoms with Gasteiger partial charge in [-0.1, -0.05) is 0 Å². The zero-order valence-corrected chi connectivity index (χ0v) is 12.6. The Morgan fingerprint density at radius 3 is 2.83 bits per heavy atom. The zero-order valence-electron chi connectivity index (χ0n) is 12.6. The van der Waals surface area contributed by atoms with Gasteiger partial charge in [-0.15, -0.1) is 0 Å². The van der Waals surface area contributed by atoms with Gasteiger partial charge in [-0.2, -0.15) is 0 Å². The third kappa shape index (κ3) is 4.62. The van der Waals surface area contributed by atoms with Gasteiger partial charge >= 0.3 is 6.03 Å². The van der Waals surface area contributed by atoms with Crippen LogP contribution in [-0.4, -0.2) is 43.0 Å². The van der Waals surface area contributed by atoms with Crippen molar-refractivity contribution in [2.24, 2.45) is 11.7 Å². The number of rotatable bonds is 4. The molecule has 1 unspecified atom stereocenters. The van der Waals surface area contributed by atoms with E-state index >= 15 is 0 Å². The molecule has 1 aliphatic rings. The number of nitrogens with two attached hydrogens (primary N) is 1. The van der Waals surface area contributed by atoms with Crippen molar-refractivity contribution in [3.8, 4) is 0 Å². The Labute approximate surface area is 133 Å². The number of hydrogen-bond acceptors (Lipinski definition) is 3. The van der Waals surface area contributed by atoms with Crippen LogP contribution in [0.3, 0.4) is 0 Å². The standard InChI is InChI=1S/C15H20F2N4O2/c16-11-3-4-13(12(17)8-11)20-15(23)21-7-1-2-10(9-21)14(22)19-6-5-18/h3-4,8,10H,1-2,5-7,9,18H2,(H,19,22)(H,20,23). The highest BCUT2D eigenvalue weighted by Crippen LogP contribution is 2.19. The summed E-state index contributed by atoms with van der Waals surface area (Å²) in [5, 5.41) is 5.11. The van der Waals surface area contributed by atoms with Gasteiger partial charge in [0.25, 0.3) is 0 Å². The fourth-order valence-corrected chi connectivity index (χ4v) is 2.50. The third-order valence-electron chi connectivity index (χ3n) is 3.70. The molecule has 1 aromatic rings. The molecule has 126 valence electrons. The van der Waals surface area contributed by atoms with Crippen LogP contribution in [0.2, 0.25) is 0 Å². The molecule has 8 heteroatoms. The number of likely N-dealkylation sites (tertiary alicyclic amines) is 1. The zero-order chi connectivity index (χ0) is 16.8. The van der Waals surface area contributed by atoms with Crippen LogP contribution in [0.5, 0.6) is 0 Å². The van der Waals surface area contributed by atoms with Crippen molar-refractivity contribution in [2.75, 3.05) is 31.5 Å². The molecule has 0 spiro atoms. The van der Waals surface area contributed by atoms with Gasteiger partial charge in [0.05, 0.1) is 11.6 Å². The van der Waals surface area contributed by atoms with E-state index in [1.807, 2.05) is 0 Å². The fourth-order valence-electron chi connectivity index (χ4n) is 2.50. The lowest BCUT2D eigenvalue weighted by Crippen LogP contribution is -2.47. The maximum atomic E-state index is 13.6. The second-order valence-corrected chi connectivity index (χ2v) is 5.42. The van der Waals surface area contributed by atoms with Crippen molar-refractivity contribution in [3.63, 3.8) is 0 Å². The number of urea groups is 1. The molecule has 1 atom stereocenters. The minimum absolute atomic E-state index is 0.0916. The summed E-state index contributed by atoms with van der Waals surface area (Å²) in [6, 6.07) is 2.43. The van der Waals surface area contributed by atoms with Crippen LogP contribution in [-0.2, 0) is 4.79 Å². The van der Waals surface area contributed by atoms with E-state index in [4.69, 9.17) is 5.73 Å². The Morgan fingerprint density at radius 2 is 2.13 bits per heavy atom. The maximum absolute atomic E-state index is 13.6. The van der Waals surface area contributed by atoms with E-state index in [-0.39, 0.29) is 24.1 Å². The predicted octanol–water partition coefficient (Wildman–Crippen LogP) is 1.28. The number of halogens is 2. The van der Waals surface area contributed by atoms with Crippen molar-refractivity contribution < 1.29 is 18.4 Å². The molecular formula is C15H20F2N4O2. The van der Waals surface area contributed by atoms with E-state index < -0.39 is 17.7 Å². The Hall–Kier alpha value is -2.22. The lowest BCUT2D eigenvalue weighted by atomic mass is 9.97. The van der Waals surface area contributed by atoms with Crippen LogP contribution < -0.4 is 16.4 Å². The number of benzene rings is 1. The summed E-state index contributed by atoms with van der Waals surface area (Å²) in [4.78, 5) is 25.6. The Bertz CT molecular complexity index is 583. The molecule has 0 saturated carbocycles. The minimum Gasteiger partial charge on any atom is -0.355 e. The van der Waals surface area contributed by atoms with Crippen LogP contribution in [0, 0.1) is 17.6 Å². The summed E-state index contributed by atoms with van der Waals surface area (Å²) in [5.41, 5.74) is 5.25. The summed E-state index contributed by atoms with van der Waals surface area (Å²) < 4.78 is 26.4. The summed E-state index contributed by atoms with van der Waals surface area (Å²) in [5.74, 6) is -2.00. The number of nitrogens with one attached hydrogen (secondary N) is 2. The summed E-state index contributed by atoms with van der Waals surface area (Å²) in [6.07, 6.45) is 1.37. The first kappa shape index (κ1) is 17.1. The fraction of sp³-hybridized carbons (Fsp3) is 0.467. The molecule has 0 bridgehead atoms. The molecule has 23 heavy (non-hydrogen) atoms. The summed E-state index contributed by atoms with van der Waals surface area (Å²) >= 11 is 0. The van der Waals surface area contributed by atoms with Gasteiger partial charge in [0.15, 0.2) is 0 Å². The average Bonchev–Trinajstić information content (AvgIpc) is 2.55. The normalized spacial score (nSPS) is 17.7. The average molecular weight is 326 g/mol. The second-order valence-electron chi connectivity index (χ2n) is 5.42. The van der Waals surface area contributed by atoms with Crippen molar-refractivity contribution >= 4 is 17.6 Å². The largest absolute Gasteiger partial charge is 0.355 e. The van der Waals surface area contributed by atoms with Gasteiger partial charge in [-0.3, -0.25) is 4.79 Å². The number of hydrogen-bond donors (Lipinski definition) is 3. The molecule has 3 amide bonds. The van der Waals surface area contributed by atoms with Gasteiger partial charge in [-0.05, 0) is 25.0 Å². The van der Waals surface area contributed by atoms with E-state index in [0.717, 1.165) is 12.1 Å². The molecule has 1 aromatic carbocycles. The number of amides is 3. The van der Waals surface area contributed by atoms with E-state index in [1.165, 1.54) is 4.90 Å². The second kappa shape index (κ2) is 7.87. The first-order valence-electron chi connectivity index (χ1n) is 7.50. The summed E-state index contributed by atoms with van der Waals surface area (Å²) in [7, 11) is 0. The van der Waals surface area contributed by atoms with Crippen LogP contribution >= 0.6 is 0 Å². The molecule has 1 fully saturated rings. The van der Waals surface area contributed by atoms with E-state index in [9.17, 15) is 18.4 Å². The maximum Gasteiger partial charge on any atom is 0.321 e. The SMILES string of the molecule is NCCNC(=O)C1CCCN(C(=O)Nc2ccc(F)cc2F)C1. The lowest BCUT2D eigenvalue weighted by Gasteiger charge is -2.32. The molecule has 2 rings (SSSR count). The topological polar surface area (TPSA) is 87.5 Å². The Balaban J connectivity index is 1.95. The lowest BCUT2D eigenvalue weighted by molar-refractivity contribution is -0.126. The smallest absolute Gasteiger partial charge is 0.321 e. The van der Waals surface area contributed by atoms with E-state index in [1.54, 1.807) is 0 Å². The molecule has 1 aliphatic heterocycles. The van der Waals surface area contributed by atoms with Gasteiger partial charge in [-0.25, -0.2) is 13.6 Å². The molecular weight excluding hydrogens is 306 g/mol. The highest BCUT2D eigenvalue weighted by atomic mass is 19.1. The highest BCUT2D eigenvalue weighted by Gasteiger charge is 2.28. The van der Waals surface area contributed by atoms with Crippen molar-refractivity contribution in [1.82, 2.24) is 10.2 Å². The van der Waals surface area contributed by atoms with Crippen LogP contribution in [0.4, 0.5) is 19.3 Å². The van der Waals surface area contributed by atoms with Gasteiger partial charge < -0.3 is 21.3 Å². The highest BCUT2D eigenvalue weighted by molar-refractivity contribution is 5.90. The Kier molecular flexibility index (Phi) is 5.86. The van der Waals surface area contributed by atoms with Gasteiger partial charge in [0.1, 0.15) is 11.6 Å². The summed E-state index contributed by atoms with van der Waals surface area (Å²) in [6.45, 7) is 1.48. The predicted molar refractivity (Wildman–Crippen MR) is 81.7 cm³/mol. The van der Waals surface area contributed by atoms with E-state index in [0.29, 0.717) is 38.5 Å². The van der Waals surface area contributed by atoms with Crippen molar-refractivity contribution in [2.45, 2.75) is 12.8 Å². The third-order valence-corrected chi connectivity index (χ3v) is 3.70. The van der Waals surface area contributed by atoms with Crippen LogP contribution in [0.15, 0.2) is 18.2 Å². The van der Waals surface area contributed by atoms with Crippen LogP contribution in [0.25, 0.3) is 0 Å². The van der Waals surface area contributed by atoms with Crippen molar-refractivity contribution in [3.05, 3.63) is 29.8 Å². The monoisotopic (exact) mass is 326 g/mol. The Morgan fingerprint density at radius 1 is 1.35 bits per heavy atom. The molecule has 0 aliphatic carbocycles. The number of anilines is 1. The first-order valence-corrected chi connectivity index (χ1v) is 7.50. The number of piperidine rings is 1. The molecule has 0 aromatic heterocycles. The molecule has 1 heterocycles. The number of nitrogens with zero attached hydrogens (tertiary/aromatic N) is 1. The van der Waals surface area contributed by atoms with E-state index in [2.05, 4.69) is 10.6 Å². The molecule has 4 N–H and O–H groups in total. The van der Waals surface area contributed by atoms with Gasteiger partial charge in [0.2, 0.25) is 5.91 Å². The minimum atomic E-state index is -0.840. The first-order chi connectivity index (χ1) is 11.0. The molecule has 1 saturated heterocycles. The number of carbonyl (C=O) groups excluding carboxylic acids is 2. The van der Waals surface area contributed by atoms with Crippen molar-refractivity contribution in [1.29, 1.82) is 0 Å². The molecule has 6 nitrogen and oxygen atoms in total. The molecule has 0 radical (unpaired) electrons. The van der Waals surface area contributed by atoms with Crippen LogP contribution in [0.1, 0.15) is 12.8 Å². The van der Waals surface area contributed by atoms with Gasteiger partial charge in [0, 0.05) is 32.2 Å². The quantitative estimate of drug-likeness (QED) is 0.779. The number of carbonyl (C=O) groups is 2.